The Labute approximate surface area is 149 Å². The summed E-state index contributed by atoms with van der Waals surface area (Å²) < 4.78 is 0. The number of piperidine rings is 1. The van der Waals surface area contributed by atoms with Gasteiger partial charge in [0, 0.05) is 36.6 Å². The van der Waals surface area contributed by atoms with Crippen LogP contribution in [0.2, 0.25) is 0 Å². The molecule has 0 atom stereocenters. The summed E-state index contributed by atoms with van der Waals surface area (Å²) in [5.41, 5.74) is 5.77. The first kappa shape index (κ1) is 19.1. The van der Waals surface area contributed by atoms with Gasteiger partial charge in [-0.15, -0.1) is 11.3 Å². The third kappa shape index (κ3) is 6.03. The van der Waals surface area contributed by atoms with Crippen LogP contribution in [0.4, 0.5) is 5.13 Å². The Balaban J connectivity index is 1.72. The summed E-state index contributed by atoms with van der Waals surface area (Å²) in [6.45, 7) is 8.87. The molecule has 6 nitrogen and oxygen atoms in total. The fraction of sp³-hybridized carbons (Fsp3) is 0.765. The number of aromatic nitrogens is 1. The fourth-order valence-corrected chi connectivity index (χ4v) is 4.08. The van der Waals surface area contributed by atoms with Crippen LogP contribution in [-0.2, 0) is 11.3 Å². The number of anilines is 1. The number of carbonyl (C=O) groups excluding carboxylic acids is 1. The van der Waals surface area contributed by atoms with Crippen LogP contribution in [0.15, 0.2) is 6.20 Å². The zero-order valence-electron chi connectivity index (χ0n) is 15.3. The minimum Gasteiger partial charge on any atom is -0.375 e. The lowest BCUT2D eigenvalue weighted by atomic mass is 9.91. The van der Waals surface area contributed by atoms with Crippen molar-refractivity contribution < 1.29 is 4.79 Å². The molecule has 0 unspecified atom stereocenters. The summed E-state index contributed by atoms with van der Waals surface area (Å²) in [5, 5.41) is 3.78. The molecule has 0 spiro atoms. The van der Waals surface area contributed by atoms with Crippen LogP contribution in [-0.4, -0.2) is 61.0 Å². The molecule has 7 heteroatoms. The van der Waals surface area contributed by atoms with E-state index in [9.17, 15) is 4.79 Å². The summed E-state index contributed by atoms with van der Waals surface area (Å²) in [6.07, 6.45) is 3.70. The largest absolute Gasteiger partial charge is 0.375 e. The Bertz CT molecular complexity index is 535. The number of likely N-dealkylation sites (tertiary alicyclic amines) is 1. The van der Waals surface area contributed by atoms with Crippen molar-refractivity contribution in [3.05, 3.63) is 11.1 Å². The predicted molar refractivity (Wildman–Crippen MR) is 99.9 cm³/mol. The SMILES string of the molecule is CN(C)CC(C)(C)CNC(=O)C1CCN(Cc2cnc(N)s2)CC1. The van der Waals surface area contributed by atoms with Gasteiger partial charge in [0.25, 0.3) is 0 Å². The van der Waals surface area contributed by atoms with Gasteiger partial charge >= 0.3 is 0 Å². The first-order chi connectivity index (χ1) is 11.2. The molecule has 0 bridgehead atoms. The van der Waals surface area contributed by atoms with Crippen LogP contribution in [0.5, 0.6) is 0 Å². The van der Waals surface area contributed by atoms with Gasteiger partial charge in [-0.2, -0.15) is 0 Å². The van der Waals surface area contributed by atoms with E-state index in [0.717, 1.165) is 45.6 Å². The first-order valence-electron chi connectivity index (χ1n) is 8.60. The highest BCUT2D eigenvalue weighted by Crippen LogP contribution is 2.22. The minimum absolute atomic E-state index is 0.0893. The third-order valence-corrected chi connectivity index (χ3v) is 5.21. The molecule has 1 aliphatic heterocycles. The van der Waals surface area contributed by atoms with Crippen molar-refractivity contribution in [2.45, 2.75) is 33.2 Å². The van der Waals surface area contributed by atoms with Crippen LogP contribution < -0.4 is 11.1 Å². The molecule has 1 saturated heterocycles. The van der Waals surface area contributed by atoms with Gasteiger partial charge in [0.2, 0.25) is 5.91 Å². The van der Waals surface area contributed by atoms with Crippen molar-refractivity contribution in [2.75, 3.05) is 46.0 Å². The van der Waals surface area contributed by atoms with E-state index >= 15 is 0 Å². The van der Waals surface area contributed by atoms with Crippen molar-refractivity contribution in [2.24, 2.45) is 11.3 Å². The molecule has 0 radical (unpaired) electrons. The maximum absolute atomic E-state index is 12.4. The lowest BCUT2D eigenvalue weighted by molar-refractivity contribution is -0.127. The summed E-state index contributed by atoms with van der Waals surface area (Å²) >= 11 is 1.55. The van der Waals surface area contributed by atoms with Gasteiger partial charge in [-0.1, -0.05) is 13.8 Å². The van der Waals surface area contributed by atoms with E-state index in [0.29, 0.717) is 5.13 Å². The molecule has 1 aliphatic rings. The molecular weight excluding hydrogens is 322 g/mol. The number of hydrogen-bond acceptors (Lipinski definition) is 6. The van der Waals surface area contributed by atoms with Gasteiger partial charge in [-0.3, -0.25) is 9.69 Å². The summed E-state index contributed by atoms with van der Waals surface area (Å²) in [5.74, 6) is 0.353. The third-order valence-electron chi connectivity index (χ3n) is 4.39. The molecule has 1 aromatic rings. The Morgan fingerprint density at radius 1 is 1.46 bits per heavy atom. The van der Waals surface area contributed by atoms with Gasteiger partial charge in [0.05, 0.1) is 0 Å². The Hall–Kier alpha value is -1.18. The number of nitrogens with two attached hydrogens (primary N) is 1. The molecule has 136 valence electrons. The lowest BCUT2D eigenvalue weighted by Gasteiger charge is -2.32. The molecule has 24 heavy (non-hydrogen) atoms. The smallest absolute Gasteiger partial charge is 0.223 e. The van der Waals surface area contributed by atoms with E-state index in [1.54, 1.807) is 11.3 Å². The van der Waals surface area contributed by atoms with Crippen LogP contribution in [0.3, 0.4) is 0 Å². The zero-order chi connectivity index (χ0) is 17.7. The standard InChI is InChI=1S/C17H31N5OS/c1-17(2,12-21(3)4)11-20-15(23)13-5-7-22(8-6-13)10-14-9-19-16(18)24-14/h9,13H,5-8,10-12H2,1-4H3,(H2,18,19)(H,20,23). The van der Waals surface area contributed by atoms with E-state index in [1.165, 1.54) is 4.88 Å². The normalized spacial score (nSPS) is 17.4. The van der Waals surface area contributed by atoms with E-state index in [1.807, 2.05) is 6.20 Å². The van der Waals surface area contributed by atoms with Crippen molar-refractivity contribution in [3.63, 3.8) is 0 Å². The Morgan fingerprint density at radius 3 is 2.67 bits per heavy atom. The van der Waals surface area contributed by atoms with Gasteiger partial charge < -0.3 is 16.0 Å². The molecule has 2 heterocycles. The van der Waals surface area contributed by atoms with Crippen LogP contribution >= 0.6 is 11.3 Å². The van der Waals surface area contributed by atoms with E-state index in [2.05, 4.69) is 48.0 Å². The highest BCUT2D eigenvalue weighted by molar-refractivity contribution is 7.15. The quantitative estimate of drug-likeness (QED) is 0.779. The number of rotatable bonds is 7. The van der Waals surface area contributed by atoms with Crippen molar-refractivity contribution in [1.82, 2.24) is 20.1 Å². The van der Waals surface area contributed by atoms with Crippen LogP contribution in [0, 0.1) is 11.3 Å². The average molecular weight is 354 g/mol. The first-order valence-corrected chi connectivity index (χ1v) is 9.42. The summed E-state index contributed by atoms with van der Waals surface area (Å²) in [4.78, 5) is 22.3. The second-order valence-electron chi connectivity index (χ2n) is 7.84. The monoisotopic (exact) mass is 353 g/mol. The number of thiazole rings is 1. The Kier molecular flexibility index (Phi) is 6.60. The maximum Gasteiger partial charge on any atom is 0.223 e. The Morgan fingerprint density at radius 2 is 2.12 bits per heavy atom. The molecule has 1 aromatic heterocycles. The summed E-state index contributed by atoms with van der Waals surface area (Å²) in [7, 11) is 4.13. The lowest BCUT2D eigenvalue weighted by Crippen LogP contribution is -2.44. The van der Waals surface area contributed by atoms with E-state index in [-0.39, 0.29) is 17.2 Å². The van der Waals surface area contributed by atoms with Crippen molar-refractivity contribution in [1.29, 1.82) is 0 Å². The molecule has 1 amide bonds. The number of hydrogen-bond donors (Lipinski definition) is 2. The topological polar surface area (TPSA) is 74.5 Å². The van der Waals surface area contributed by atoms with E-state index < -0.39 is 0 Å². The second kappa shape index (κ2) is 8.27. The highest BCUT2D eigenvalue weighted by atomic mass is 32.1. The zero-order valence-corrected chi connectivity index (χ0v) is 16.2. The van der Waals surface area contributed by atoms with Crippen molar-refractivity contribution >= 4 is 22.4 Å². The molecule has 3 N–H and O–H groups in total. The number of nitrogens with zero attached hydrogens (tertiary/aromatic N) is 3. The molecular formula is C17H31N5OS. The predicted octanol–water partition coefficient (Wildman–Crippen LogP) is 1.64. The van der Waals surface area contributed by atoms with Gasteiger partial charge in [0.15, 0.2) is 5.13 Å². The van der Waals surface area contributed by atoms with Crippen molar-refractivity contribution in [3.8, 4) is 0 Å². The fourth-order valence-electron chi connectivity index (χ4n) is 3.35. The highest BCUT2D eigenvalue weighted by Gasteiger charge is 2.27. The second-order valence-corrected chi connectivity index (χ2v) is 8.98. The number of amides is 1. The summed E-state index contributed by atoms with van der Waals surface area (Å²) in [6, 6.07) is 0. The number of nitrogen functional groups attached to an aromatic ring is 1. The molecule has 0 aliphatic carbocycles. The number of carbonyl (C=O) groups is 1. The number of nitrogens with one attached hydrogen (secondary N) is 1. The van der Waals surface area contributed by atoms with Gasteiger partial charge in [-0.25, -0.2) is 4.98 Å². The maximum atomic E-state index is 12.4. The molecule has 2 rings (SSSR count). The van der Waals surface area contributed by atoms with Crippen LogP contribution in [0.1, 0.15) is 31.6 Å². The molecule has 0 aromatic carbocycles. The van der Waals surface area contributed by atoms with Gasteiger partial charge in [-0.05, 0) is 45.4 Å². The van der Waals surface area contributed by atoms with Gasteiger partial charge in [0.1, 0.15) is 0 Å². The molecule has 0 saturated carbocycles. The van der Waals surface area contributed by atoms with E-state index in [4.69, 9.17) is 5.73 Å². The molecule has 1 fully saturated rings. The average Bonchev–Trinajstić information content (AvgIpc) is 2.89. The van der Waals surface area contributed by atoms with Crippen LogP contribution in [0.25, 0.3) is 0 Å². The minimum atomic E-state index is 0.0893.